The zero-order valence-corrected chi connectivity index (χ0v) is 11.6. The lowest BCUT2D eigenvalue weighted by atomic mass is 10.1. The Morgan fingerprint density at radius 2 is 1.89 bits per heavy atom. The second-order valence-electron chi connectivity index (χ2n) is 4.45. The number of hydrogen-bond acceptors (Lipinski definition) is 2. The van der Waals surface area contributed by atoms with E-state index >= 15 is 0 Å². The SMILES string of the molecule is C=NN(/C=C\C)c1ccc(CCCCCC)cc1. The Hall–Kier alpha value is -1.57. The minimum atomic E-state index is 1.06. The van der Waals surface area contributed by atoms with Gasteiger partial charge < -0.3 is 0 Å². The van der Waals surface area contributed by atoms with Crippen molar-refractivity contribution in [1.29, 1.82) is 0 Å². The molecule has 1 rings (SSSR count). The first-order valence-electron chi connectivity index (χ1n) is 6.79. The Bertz CT molecular complexity index is 365. The highest BCUT2D eigenvalue weighted by atomic mass is 15.4. The van der Waals surface area contributed by atoms with Gasteiger partial charge in [0.05, 0.1) is 5.69 Å². The lowest BCUT2D eigenvalue weighted by Crippen LogP contribution is -2.05. The molecule has 0 aromatic heterocycles. The van der Waals surface area contributed by atoms with Gasteiger partial charge in [0.2, 0.25) is 0 Å². The van der Waals surface area contributed by atoms with Crippen molar-refractivity contribution >= 4 is 12.4 Å². The summed E-state index contributed by atoms with van der Waals surface area (Å²) < 4.78 is 0. The summed E-state index contributed by atoms with van der Waals surface area (Å²) >= 11 is 0. The fraction of sp³-hybridized carbons (Fsp3) is 0.438. The summed E-state index contributed by atoms with van der Waals surface area (Å²) in [7, 11) is 0. The standard InChI is InChI=1S/C16H24N2/c1-4-6-7-8-9-15-10-12-16(13-11-15)18(17-3)14-5-2/h5,10-14H,3-4,6-9H2,1-2H3/b14-5-. The van der Waals surface area contributed by atoms with Crippen molar-refractivity contribution in [3.05, 3.63) is 42.1 Å². The van der Waals surface area contributed by atoms with Crippen LogP contribution >= 0.6 is 0 Å². The van der Waals surface area contributed by atoms with Crippen LogP contribution in [-0.4, -0.2) is 6.72 Å². The van der Waals surface area contributed by atoms with Crippen molar-refractivity contribution in [2.24, 2.45) is 5.10 Å². The summed E-state index contributed by atoms with van der Waals surface area (Å²) in [6.07, 6.45) is 10.3. The molecule has 0 aliphatic rings. The predicted octanol–water partition coefficient (Wildman–Crippen LogP) is 4.77. The number of nitrogens with zero attached hydrogens (tertiary/aromatic N) is 2. The predicted molar refractivity (Wildman–Crippen MR) is 81.1 cm³/mol. The molecule has 0 bridgehead atoms. The lowest BCUT2D eigenvalue weighted by Gasteiger charge is -2.13. The van der Waals surface area contributed by atoms with Gasteiger partial charge in [0, 0.05) is 12.9 Å². The molecule has 0 radical (unpaired) electrons. The van der Waals surface area contributed by atoms with Crippen LogP contribution in [0.1, 0.15) is 45.1 Å². The minimum absolute atomic E-state index is 1.06. The normalized spacial score (nSPS) is 10.8. The number of benzene rings is 1. The zero-order chi connectivity index (χ0) is 13.2. The fourth-order valence-corrected chi connectivity index (χ4v) is 1.93. The number of hydrogen-bond donors (Lipinski definition) is 0. The molecule has 0 saturated heterocycles. The van der Waals surface area contributed by atoms with Gasteiger partial charge in [0.15, 0.2) is 0 Å². The molecule has 0 amide bonds. The monoisotopic (exact) mass is 244 g/mol. The second-order valence-corrected chi connectivity index (χ2v) is 4.45. The van der Waals surface area contributed by atoms with Crippen LogP contribution in [0.15, 0.2) is 41.6 Å². The van der Waals surface area contributed by atoms with E-state index in [4.69, 9.17) is 0 Å². The lowest BCUT2D eigenvalue weighted by molar-refractivity contribution is 0.667. The van der Waals surface area contributed by atoms with Crippen LogP contribution in [0.25, 0.3) is 0 Å². The fourth-order valence-electron chi connectivity index (χ4n) is 1.93. The molecule has 2 heteroatoms. The maximum Gasteiger partial charge on any atom is 0.0645 e. The summed E-state index contributed by atoms with van der Waals surface area (Å²) in [5, 5.41) is 5.74. The van der Waals surface area contributed by atoms with Gasteiger partial charge in [-0.05, 0) is 37.5 Å². The van der Waals surface area contributed by atoms with Gasteiger partial charge in [0.1, 0.15) is 0 Å². The Labute approximate surface area is 111 Å². The van der Waals surface area contributed by atoms with Crippen molar-refractivity contribution in [1.82, 2.24) is 0 Å². The molecule has 0 unspecified atom stereocenters. The van der Waals surface area contributed by atoms with E-state index in [1.54, 1.807) is 5.01 Å². The van der Waals surface area contributed by atoms with Gasteiger partial charge in [-0.15, -0.1) is 0 Å². The van der Waals surface area contributed by atoms with E-state index in [1.807, 2.05) is 19.2 Å². The van der Waals surface area contributed by atoms with Crippen LogP contribution in [0.5, 0.6) is 0 Å². The van der Waals surface area contributed by atoms with Crippen molar-refractivity contribution in [3.63, 3.8) is 0 Å². The van der Waals surface area contributed by atoms with E-state index in [2.05, 4.69) is 43.0 Å². The van der Waals surface area contributed by atoms with Crippen LogP contribution in [0.3, 0.4) is 0 Å². The maximum absolute atomic E-state index is 3.96. The molecule has 0 atom stereocenters. The van der Waals surface area contributed by atoms with Crippen LogP contribution in [0.2, 0.25) is 0 Å². The quantitative estimate of drug-likeness (QED) is 0.365. The summed E-state index contributed by atoms with van der Waals surface area (Å²) in [6.45, 7) is 7.79. The Morgan fingerprint density at radius 3 is 2.44 bits per heavy atom. The van der Waals surface area contributed by atoms with Gasteiger partial charge in [-0.25, -0.2) is 5.01 Å². The number of hydrazone groups is 1. The van der Waals surface area contributed by atoms with E-state index in [1.165, 1.54) is 37.7 Å². The van der Waals surface area contributed by atoms with Crippen LogP contribution < -0.4 is 5.01 Å². The van der Waals surface area contributed by atoms with Crippen LogP contribution in [0, 0.1) is 0 Å². The highest BCUT2D eigenvalue weighted by Gasteiger charge is 2.00. The summed E-state index contributed by atoms with van der Waals surface area (Å²) in [4.78, 5) is 0. The molecule has 18 heavy (non-hydrogen) atoms. The number of aryl methyl sites for hydroxylation is 1. The molecule has 0 heterocycles. The molecule has 0 fully saturated rings. The van der Waals surface area contributed by atoms with Gasteiger partial charge in [-0.3, -0.25) is 0 Å². The second kappa shape index (κ2) is 8.51. The summed E-state index contributed by atoms with van der Waals surface area (Å²) in [5.41, 5.74) is 2.46. The Balaban J connectivity index is 2.53. The summed E-state index contributed by atoms with van der Waals surface area (Å²) in [6, 6.07) is 8.57. The van der Waals surface area contributed by atoms with E-state index < -0.39 is 0 Å². The highest BCUT2D eigenvalue weighted by Crippen LogP contribution is 2.17. The molecule has 0 N–H and O–H groups in total. The molecular weight excluding hydrogens is 220 g/mol. The third kappa shape index (κ3) is 4.74. The van der Waals surface area contributed by atoms with Gasteiger partial charge >= 0.3 is 0 Å². The Kier molecular flexibility index (Phi) is 6.85. The maximum atomic E-state index is 3.96. The van der Waals surface area contributed by atoms with Gasteiger partial charge in [0.25, 0.3) is 0 Å². The molecule has 0 saturated carbocycles. The topological polar surface area (TPSA) is 15.6 Å². The third-order valence-electron chi connectivity index (χ3n) is 2.96. The van der Waals surface area contributed by atoms with Crippen molar-refractivity contribution in [3.8, 4) is 0 Å². The number of anilines is 1. The average Bonchev–Trinajstić information content (AvgIpc) is 2.42. The van der Waals surface area contributed by atoms with Crippen molar-refractivity contribution in [2.45, 2.75) is 46.0 Å². The number of rotatable bonds is 8. The first kappa shape index (κ1) is 14.5. The number of unbranched alkanes of at least 4 members (excludes halogenated alkanes) is 3. The van der Waals surface area contributed by atoms with Crippen LogP contribution in [-0.2, 0) is 6.42 Å². The largest absolute Gasteiger partial charge is 0.242 e. The van der Waals surface area contributed by atoms with E-state index in [9.17, 15) is 0 Å². The number of allylic oxidation sites excluding steroid dienone is 1. The third-order valence-corrected chi connectivity index (χ3v) is 2.96. The molecule has 98 valence electrons. The molecule has 0 aliphatic carbocycles. The smallest absolute Gasteiger partial charge is 0.0645 e. The first-order chi connectivity index (χ1) is 8.81. The minimum Gasteiger partial charge on any atom is -0.242 e. The highest BCUT2D eigenvalue weighted by molar-refractivity contribution is 5.51. The van der Waals surface area contributed by atoms with E-state index in [0.717, 1.165) is 5.69 Å². The summed E-state index contributed by atoms with van der Waals surface area (Å²) in [5.74, 6) is 0. The van der Waals surface area contributed by atoms with Crippen molar-refractivity contribution in [2.75, 3.05) is 5.01 Å². The van der Waals surface area contributed by atoms with Gasteiger partial charge in [-0.2, -0.15) is 5.10 Å². The molecule has 1 aromatic rings. The molecule has 0 aliphatic heterocycles. The molecule has 2 nitrogen and oxygen atoms in total. The van der Waals surface area contributed by atoms with E-state index in [-0.39, 0.29) is 0 Å². The average molecular weight is 244 g/mol. The Morgan fingerprint density at radius 1 is 1.17 bits per heavy atom. The van der Waals surface area contributed by atoms with E-state index in [0.29, 0.717) is 0 Å². The molecule has 0 spiro atoms. The van der Waals surface area contributed by atoms with Crippen molar-refractivity contribution < 1.29 is 0 Å². The zero-order valence-electron chi connectivity index (χ0n) is 11.6. The molecular formula is C16H24N2. The van der Waals surface area contributed by atoms with Gasteiger partial charge in [-0.1, -0.05) is 44.4 Å². The van der Waals surface area contributed by atoms with Crippen LogP contribution in [0.4, 0.5) is 5.69 Å². The first-order valence-corrected chi connectivity index (χ1v) is 6.79. The molecule has 1 aromatic carbocycles.